The van der Waals surface area contributed by atoms with Crippen molar-refractivity contribution in [1.29, 1.82) is 0 Å². The van der Waals surface area contributed by atoms with E-state index in [1.54, 1.807) is 4.90 Å². The van der Waals surface area contributed by atoms with Crippen LogP contribution in [0, 0.1) is 12.3 Å². The molecule has 7 nitrogen and oxygen atoms in total. The number of nitrogens with one attached hydrogen (secondary N) is 2. The zero-order valence-electron chi connectivity index (χ0n) is 21.4. The predicted molar refractivity (Wildman–Crippen MR) is 150 cm³/mol. The van der Waals surface area contributed by atoms with Gasteiger partial charge in [-0.2, -0.15) is 0 Å². The number of aromatic nitrogens is 1. The molecule has 3 rings (SSSR count). The number of terminal acetylenes is 1. The summed E-state index contributed by atoms with van der Waals surface area (Å²) in [6.07, 6.45) is 7.89. The molecule has 0 unspecified atom stereocenters. The molecule has 36 heavy (non-hydrogen) atoms. The second-order valence-electron chi connectivity index (χ2n) is 7.41. The fraction of sp³-hybridized carbons (Fsp3) is 0.393. The number of amides is 1. The van der Waals surface area contributed by atoms with Crippen molar-refractivity contribution >= 4 is 40.1 Å². The molecule has 0 aliphatic heterocycles. The van der Waals surface area contributed by atoms with E-state index in [9.17, 15) is 4.79 Å². The van der Waals surface area contributed by atoms with Crippen molar-refractivity contribution in [2.45, 2.75) is 32.1 Å². The smallest absolute Gasteiger partial charge is 0.252 e. The Balaban J connectivity index is 0.00000222. The second kappa shape index (κ2) is 17.5. The lowest BCUT2D eigenvalue weighted by Gasteiger charge is -2.22. The summed E-state index contributed by atoms with van der Waals surface area (Å²) in [5, 5.41) is 1.16. The minimum atomic E-state index is -0.0730. The maximum Gasteiger partial charge on any atom is 0.252 e. The number of hydrogen-bond donors (Lipinski definition) is 2. The number of ether oxygens (including phenoxy) is 3. The van der Waals surface area contributed by atoms with Gasteiger partial charge in [0.25, 0.3) is 5.91 Å². The van der Waals surface area contributed by atoms with Gasteiger partial charge in [0.1, 0.15) is 13.2 Å². The fourth-order valence-corrected chi connectivity index (χ4v) is 3.98. The van der Waals surface area contributed by atoms with E-state index in [1.165, 1.54) is 11.9 Å². The van der Waals surface area contributed by atoms with Gasteiger partial charge >= 0.3 is 0 Å². The van der Waals surface area contributed by atoms with Gasteiger partial charge in [0.15, 0.2) is 0 Å². The summed E-state index contributed by atoms with van der Waals surface area (Å²) in [6, 6.07) is 16.1. The molecular formula is C28H37N3O4S. The molecule has 3 aromatic rings. The molecular weight excluding hydrogens is 474 g/mol. The summed E-state index contributed by atoms with van der Waals surface area (Å²) in [5.74, 6) is 2.32. The monoisotopic (exact) mass is 511 g/mol. The average Bonchev–Trinajstić information content (AvgIpc) is 3.41. The Kier molecular flexibility index (Phi) is 14.2. The van der Waals surface area contributed by atoms with Crippen LogP contribution in [0.15, 0.2) is 59.6 Å². The predicted octanol–water partition coefficient (Wildman–Crippen LogP) is 5.74. The van der Waals surface area contributed by atoms with E-state index < -0.39 is 0 Å². The largest absolute Gasteiger partial charge is 0.377 e. The Hall–Kier alpha value is -2.96. The zero-order valence-corrected chi connectivity index (χ0v) is 22.2. The molecule has 0 aliphatic carbocycles. The number of carbonyl (C=O) groups is 1. The molecule has 0 aliphatic rings. The lowest BCUT2D eigenvalue weighted by Crippen LogP contribution is -2.35. The first-order valence-electron chi connectivity index (χ1n) is 12.3. The fourth-order valence-electron chi connectivity index (χ4n) is 3.31. The van der Waals surface area contributed by atoms with E-state index in [2.05, 4.69) is 21.7 Å². The van der Waals surface area contributed by atoms with E-state index in [0.29, 0.717) is 33.0 Å². The van der Waals surface area contributed by atoms with Gasteiger partial charge in [-0.05, 0) is 54.8 Å². The number of nitrogens with zero attached hydrogens (tertiary/aromatic N) is 1. The van der Waals surface area contributed by atoms with Gasteiger partial charge in [-0.1, -0.05) is 38.8 Å². The van der Waals surface area contributed by atoms with Gasteiger partial charge in [-0.15, -0.1) is 6.42 Å². The van der Waals surface area contributed by atoms with Crippen LogP contribution >= 0.6 is 11.9 Å². The van der Waals surface area contributed by atoms with Crippen molar-refractivity contribution in [1.82, 2.24) is 4.98 Å². The van der Waals surface area contributed by atoms with Crippen LogP contribution in [0.4, 0.5) is 11.4 Å². The van der Waals surface area contributed by atoms with Crippen LogP contribution in [0.2, 0.25) is 0 Å². The normalized spacial score (nSPS) is 10.4. The topological polar surface area (TPSA) is 75.8 Å². The van der Waals surface area contributed by atoms with Gasteiger partial charge in [0, 0.05) is 28.7 Å². The van der Waals surface area contributed by atoms with Crippen LogP contribution in [0.25, 0.3) is 10.9 Å². The number of carbonyl (C=O) groups excluding carboxylic acids is 1. The highest BCUT2D eigenvalue weighted by Crippen LogP contribution is 2.28. The molecule has 0 saturated carbocycles. The molecule has 0 atom stereocenters. The van der Waals surface area contributed by atoms with E-state index >= 15 is 0 Å². The number of benzene rings is 2. The first-order valence-corrected chi connectivity index (χ1v) is 13.1. The first kappa shape index (κ1) is 29.3. The Bertz CT molecular complexity index is 1060. The Morgan fingerprint density at radius 3 is 2.47 bits per heavy atom. The van der Waals surface area contributed by atoms with Crippen LogP contribution in [0.5, 0.6) is 0 Å². The standard InChI is InChI=1S/C26H31N3O4S.C2H6/c1-3-14-29(25(30)20-33-19-18-32-17-16-31-15-4-2)22-8-10-23(11-9-22)34-28-24-7-5-6-21-12-13-27-26(21)24;1-2/h2,5-13,27-28H,3,14-20H2,1H3;1-2H3. The van der Waals surface area contributed by atoms with Crippen LogP contribution in [-0.4, -0.2) is 57.1 Å². The molecule has 0 spiro atoms. The van der Waals surface area contributed by atoms with E-state index in [-0.39, 0.29) is 19.1 Å². The van der Waals surface area contributed by atoms with Crippen molar-refractivity contribution in [3.63, 3.8) is 0 Å². The first-order chi connectivity index (χ1) is 17.7. The average molecular weight is 512 g/mol. The molecule has 0 fully saturated rings. The quantitative estimate of drug-likeness (QED) is 0.154. The minimum Gasteiger partial charge on any atom is -0.377 e. The third kappa shape index (κ3) is 9.59. The molecule has 1 aromatic heterocycles. The summed E-state index contributed by atoms with van der Waals surface area (Å²) in [5.41, 5.74) is 2.96. The van der Waals surface area contributed by atoms with Gasteiger partial charge in [-0.25, -0.2) is 0 Å². The summed E-state index contributed by atoms with van der Waals surface area (Å²) < 4.78 is 19.4. The summed E-state index contributed by atoms with van der Waals surface area (Å²) in [7, 11) is 0. The van der Waals surface area contributed by atoms with Crippen LogP contribution in [0.3, 0.4) is 0 Å². The van der Waals surface area contributed by atoms with Crippen LogP contribution in [0.1, 0.15) is 27.2 Å². The van der Waals surface area contributed by atoms with Crippen molar-refractivity contribution in [3.8, 4) is 12.3 Å². The molecule has 1 amide bonds. The van der Waals surface area contributed by atoms with Crippen LogP contribution in [-0.2, 0) is 19.0 Å². The van der Waals surface area contributed by atoms with Crippen LogP contribution < -0.4 is 9.62 Å². The van der Waals surface area contributed by atoms with Crippen molar-refractivity contribution in [2.75, 3.05) is 55.8 Å². The highest BCUT2D eigenvalue weighted by atomic mass is 32.2. The Morgan fingerprint density at radius 2 is 1.75 bits per heavy atom. The van der Waals surface area contributed by atoms with Gasteiger partial charge in [0.2, 0.25) is 0 Å². The molecule has 0 radical (unpaired) electrons. The molecule has 1 heterocycles. The number of hydrogen-bond acceptors (Lipinski definition) is 6. The molecule has 2 N–H and O–H groups in total. The molecule has 194 valence electrons. The van der Waals surface area contributed by atoms with Gasteiger partial charge in [0.05, 0.1) is 37.6 Å². The second-order valence-corrected chi connectivity index (χ2v) is 8.29. The molecule has 2 aromatic carbocycles. The number of para-hydroxylation sites is 1. The highest BCUT2D eigenvalue weighted by molar-refractivity contribution is 8.00. The summed E-state index contributed by atoms with van der Waals surface area (Å²) in [4.78, 5) is 18.8. The van der Waals surface area contributed by atoms with E-state index in [4.69, 9.17) is 20.6 Å². The number of rotatable bonds is 15. The third-order valence-corrected chi connectivity index (χ3v) is 5.75. The van der Waals surface area contributed by atoms with Crippen molar-refractivity contribution < 1.29 is 19.0 Å². The summed E-state index contributed by atoms with van der Waals surface area (Å²) in [6.45, 7) is 8.60. The van der Waals surface area contributed by atoms with Gasteiger partial charge < -0.3 is 28.8 Å². The lowest BCUT2D eigenvalue weighted by atomic mass is 10.2. The van der Waals surface area contributed by atoms with Crippen molar-refractivity contribution in [3.05, 3.63) is 54.7 Å². The number of anilines is 2. The number of fused-ring (bicyclic) bond motifs is 1. The molecule has 0 bridgehead atoms. The summed E-state index contributed by atoms with van der Waals surface area (Å²) >= 11 is 1.53. The SMILES string of the molecule is C#CCOCCOCCOCC(=O)N(CCC)c1ccc(SNc2cccc3cc[nH]c23)cc1.CC. The maximum atomic E-state index is 12.7. The molecule has 8 heteroatoms. The van der Waals surface area contributed by atoms with E-state index in [0.717, 1.165) is 33.6 Å². The Labute approximate surface area is 219 Å². The third-order valence-electron chi connectivity index (χ3n) is 4.92. The Morgan fingerprint density at radius 1 is 1.03 bits per heavy atom. The minimum absolute atomic E-state index is 0.00909. The van der Waals surface area contributed by atoms with Crippen molar-refractivity contribution in [2.24, 2.45) is 0 Å². The number of aromatic amines is 1. The maximum absolute atomic E-state index is 12.7. The van der Waals surface area contributed by atoms with Gasteiger partial charge in [-0.3, -0.25) is 4.79 Å². The number of H-pyrrole nitrogens is 1. The van der Waals surface area contributed by atoms with E-state index in [1.807, 2.05) is 69.4 Å². The molecule has 0 saturated heterocycles. The zero-order chi connectivity index (χ0) is 26.0. The lowest BCUT2D eigenvalue weighted by molar-refractivity contribution is -0.123. The highest BCUT2D eigenvalue weighted by Gasteiger charge is 2.15.